The molecule has 21 heavy (non-hydrogen) atoms. The lowest BCUT2D eigenvalue weighted by molar-refractivity contribution is -0.0329. The summed E-state index contributed by atoms with van der Waals surface area (Å²) in [5.74, 6) is 1.29. The Morgan fingerprint density at radius 2 is 2.19 bits per heavy atom. The van der Waals surface area contributed by atoms with Crippen LogP contribution in [0.3, 0.4) is 0 Å². The second kappa shape index (κ2) is 6.35. The molecule has 1 aromatic rings. The highest BCUT2D eigenvalue weighted by Crippen LogP contribution is 2.32. The van der Waals surface area contributed by atoms with Crippen LogP contribution >= 0.6 is 0 Å². The Morgan fingerprint density at radius 1 is 1.43 bits per heavy atom. The third kappa shape index (κ3) is 3.88. The van der Waals surface area contributed by atoms with E-state index in [1.165, 1.54) is 0 Å². The summed E-state index contributed by atoms with van der Waals surface area (Å²) in [4.78, 5) is 0. The van der Waals surface area contributed by atoms with E-state index in [1.807, 2.05) is 12.1 Å². The highest BCUT2D eigenvalue weighted by atomic mass is 16.6. The van der Waals surface area contributed by atoms with Gasteiger partial charge in [0, 0.05) is 5.56 Å². The van der Waals surface area contributed by atoms with Gasteiger partial charge in [0.1, 0.15) is 6.61 Å². The number of oxime groups is 1. The van der Waals surface area contributed by atoms with Gasteiger partial charge in [-0.2, -0.15) is 0 Å². The molecule has 0 radical (unpaired) electrons. The van der Waals surface area contributed by atoms with Crippen molar-refractivity contribution in [3.63, 3.8) is 0 Å². The van der Waals surface area contributed by atoms with Crippen LogP contribution in [0.2, 0.25) is 0 Å². The molecule has 1 aliphatic rings. The van der Waals surface area contributed by atoms with Gasteiger partial charge in [0.25, 0.3) is 0 Å². The van der Waals surface area contributed by atoms with Crippen LogP contribution in [-0.2, 0) is 4.74 Å². The van der Waals surface area contributed by atoms with Gasteiger partial charge in [-0.15, -0.1) is 0 Å². The highest BCUT2D eigenvalue weighted by molar-refractivity contribution is 5.98. The van der Waals surface area contributed by atoms with Crippen LogP contribution in [0.1, 0.15) is 39.2 Å². The first-order chi connectivity index (χ1) is 9.95. The van der Waals surface area contributed by atoms with E-state index in [4.69, 9.17) is 19.4 Å². The fourth-order valence-corrected chi connectivity index (χ4v) is 2.45. The van der Waals surface area contributed by atoms with Crippen LogP contribution in [-0.4, -0.2) is 36.3 Å². The molecule has 2 rings (SSSR count). The van der Waals surface area contributed by atoms with Crippen LogP contribution in [0.5, 0.6) is 11.5 Å². The van der Waals surface area contributed by atoms with Crippen molar-refractivity contribution >= 4 is 5.71 Å². The maximum absolute atomic E-state index is 8.82. The number of hydrogen-bond donors (Lipinski definition) is 1. The normalized spacial score (nSPS) is 21.3. The molecule has 1 N–H and O–H groups in total. The first-order valence-electron chi connectivity index (χ1n) is 7.13. The molecular weight excluding hydrogens is 270 g/mol. The van der Waals surface area contributed by atoms with E-state index < -0.39 is 0 Å². The molecule has 1 unspecified atom stereocenters. The molecule has 0 amide bonds. The zero-order valence-corrected chi connectivity index (χ0v) is 13.0. The largest absolute Gasteiger partial charge is 0.493 e. The van der Waals surface area contributed by atoms with E-state index in [0.717, 1.165) is 18.4 Å². The molecule has 0 aliphatic carbocycles. The molecule has 0 saturated carbocycles. The number of nitrogens with zero attached hydrogens (tertiary/aromatic N) is 1. The zero-order valence-electron chi connectivity index (χ0n) is 13.0. The quantitative estimate of drug-likeness (QED) is 0.514. The summed E-state index contributed by atoms with van der Waals surface area (Å²) in [6.07, 6.45) is 2.16. The highest BCUT2D eigenvalue weighted by Gasteiger charge is 2.32. The monoisotopic (exact) mass is 293 g/mol. The van der Waals surface area contributed by atoms with Gasteiger partial charge < -0.3 is 19.4 Å². The smallest absolute Gasteiger partial charge is 0.161 e. The first kappa shape index (κ1) is 15.6. The average Bonchev–Trinajstić information content (AvgIpc) is 2.83. The molecule has 1 aliphatic heterocycles. The number of benzene rings is 1. The maximum Gasteiger partial charge on any atom is 0.161 e. The first-order valence-corrected chi connectivity index (χ1v) is 7.13. The van der Waals surface area contributed by atoms with E-state index in [0.29, 0.717) is 23.8 Å². The molecule has 0 spiro atoms. The molecule has 116 valence electrons. The van der Waals surface area contributed by atoms with E-state index in [9.17, 15) is 0 Å². The summed E-state index contributed by atoms with van der Waals surface area (Å²) in [6.45, 7) is 6.43. The van der Waals surface area contributed by atoms with Crippen molar-refractivity contribution in [1.29, 1.82) is 0 Å². The summed E-state index contributed by atoms with van der Waals surface area (Å²) in [7, 11) is 1.59. The Bertz CT molecular complexity index is 525. The summed E-state index contributed by atoms with van der Waals surface area (Å²) >= 11 is 0. The van der Waals surface area contributed by atoms with Gasteiger partial charge in [-0.25, -0.2) is 0 Å². The van der Waals surface area contributed by atoms with Crippen molar-refractivity contribution in [3.05, 3.63) is 23.8 Å². The van der Waals surface area contributed by atoms with Crippen molar-refractivity contribution in [3.8, 4) is 11.5 Å². The average molecular weight is 293 g/mol. The Kier molecular flexibility index (Phi) is 4.73. The molecule has 1 heterocycles. The third-order valence-corrected chi connectivity index (χ3v) is 3.71. The SMILES string of the molecule is COc1cc(/C(C)=N/O)ccc1OCC1CCC(C)(C)O1. The fourth-order valence-electron chi connectivity index (χ4n) is 2.45. The Morgan fingerprint density at radius 3 is 2.76 bits per heavy atom. The van der Waals surface area contributed by atoms with Crippen molar-refractivity contribution in [2.24, 2.45) is 5.16 Å². The summed E-state index contributed by atoms with van der Waals surface area (Å²) in [5.41, 5.74) is 1.26. The molecule has 5 nitrogen and oxygen atoms in total. The zero-order chi connectivity index (χ0) is 15.5. The molecule has 0 bridgehead atoms. The lowest BCUT2D eigenvalue weighted by Gasteiger charge is -2.20. The summed E-state index contributed by atoms with van der Waals surface area (Å²) in [6, 6.07) is 5.46. The molecule has 1 fully saturated rings. The van der Waals surface area contributed by atoms with E-state index in [1.54, 1.807) is 20.1 Å². The summed E-state index contributed by atoms with van der Waals surface area (Å²) in [5, 5.41) is 12.0. The van der Waals surface area contributed by atoms with Gasteiger partial charge in [0.15, 0.2) is 11.5 Å². The molecule has 1 atom stereocenters. The Labute approximate surface area is 125 Å². The van der Waals surface area contributed by atoms with Crippen molar-refractivity contribution < 1.29 is 19.4 Å². The van der Waals surface area contributed by atoms with Crippen LogP contribution < -0.4 is 9.47 Å². The number of hydrogen-bond acceptors (Lipinski definition) is 5. The number of ether oxygens (including phenoxy) is 3. The predicted octanol–water partition coefficient (Wildman–Crippen LogP) is 3.23. The molecule has 5 heteroatoms. The second-order valence-electron chi connectivity index (χ2n) is 5.90. The fraction of sp³-hybridized carbons (Fsp3) is 0.562. The van der Waals surface area contributed by atoms with Crippen LogP contribution in [0.25, 0.3) is 0 Å². The lowest BCUT2D eigenvalue weighted by Crippen LogP contribution is -2.24. The van der Waals surface area contributed by atoms with Crippen molar-refractivity contribution in [1.82, 2.24) is 0 Å². The van der Waals surface area contributed by atoms with E-state index in [2.05, 4.69) is 19.0 Å². The van der Waals surface area contributed by atoms with Crippen molar-refractivity contribution in [2.75, 3.05) is 13.7 Å². The van der Waals surface area contributed by atoms with Gasteiger partial charge in [0.05, 0.1) is 24.5 Å². The van der Waals surface area contributed by atoms with E-state index >= 15 is 0 Å². The van der Waals surface area contributed by atoms with Gasteiger partial charge in [-0.05, 0) is 51.8 Å². The van der Waals surface area contributed by atoms with Crippen molar-refractivity contribution in [2.45, 2.75) is 45.3 Å². The van der Waals surface area contributed by atoms with Crippen LogP contribution in [0.15, 0.2) is 23.4 Å². The lowest BCUT2D eigenvalue weighted by atomic mass is 10.1. The standard InChI is InChI=1S/C16H23NO4/c1-11(17-18)12-5-6-14(15(9-12)19-4)20-10-13-7-8-16(2,3)21-13/h5-6,9,13,18H,7-8,10H2,1-4H3/b17-11+. The Hall–Kier alpha value is -1.75. The summed E-state index contributed by atoms with van der Waals surface area (Å²) < 4.78 is 17.1. The minimum atomic E-state index is -0.0589. The molecular formula is C16H23NO4. The second-order valence-corrected chi connectivity index (χ2v) is 5.90. The minimum absolute atomic E-state index is 0.0589. The predicted molar refractivity (Wildman–Crippen MR) is 80.7 cm³/mol. The minimum Gasteiger partial charge on any atom is -0.493 e. The van der Waals surface area contributed by atoms with Crippen LogP contribution in [0, 0.1) is 0 Å². The number of rotatable bonds is 5. The van der Waals surface area contributed by atoms with Gasteiger partial charge in [-0.1, -0.05) is 5.16 Å². The maximum atomic E-state index is 8.82. The third-order valence-electron chi connectivity index (χ3n) is 3.71. The number of methoxy groups -OCH3 is 1. The topological polar surface area (TPSA) is 60.3 Å². The molecule has 1 saturated heterocycles. The van der Waals surface area contributed by atoms with E-state index in [-0.39, 0.29) is 11.7 Å². The molecule has 0 aromatic heterocycles. The van der Waals surface area contributed by atoms with Crippen LogP contribution in [0.4, 0.5) is 0 Å². The van der Waals surface area contributed by atoms with Gasteiger partial charge in [0.2, 0.25) is 0 Å². The molecule has 1 aromatic carbocycles. The Balaban J connectivity index is 2.03. The van der Waals surface area contributed by atoms with Gasteiger partial charge in [-0.3, -0.25) is 0 Å². The van der Waals surface area contributed by atoms with Gasteiger partial charge >= 0.3 is 0 Å².